The first kappa shape index (κ1) is 14.1. The molecule has 1 saturated heterocycles. The Morgan fingerprint density at radius 2 is 1.89 bits per heavy atom. The molecule has 0 amide bonds. The molecule has 104 valence electrons. The molecule has 1 fully saturated rings. The fraction of sp³-hybridized carbons (Fsp3) is 0.538. The maximum absolute atomic E-state index is 11.2. The number of hydrogen-bond acceptors (Lipinski definition) is 4. The van der Waals surface area contributed by atoms with Crippen LogP contribution < -0.4 is 5.32 Å². The van der Waals surface area contributed by atoms with E-state index in [1.807, 2.05) is 0 Å². The lowest BCUT2D eigenvalue weighted by Crippen LogP contribution is -2.36. The van der Waals surface area contributed by atoms with Gasteiger partial charge in [-0.15, -0.1) is 0 Å². The van der Waals surface area contributed by atoms with Gasteiger partial charge in [0, 0.05) is 40.5 Å². The van der Waals surface area contributed by atoms with E-state index in [4.69, 9.17) is 0 Å². The van der Waals surface area contributed by atoms with Crippen molar-refractivity contribution < 1.29 is 9.13 Å². The molecule has 5 nitrogen and oxygen atoms in total. The molecule has 1 heterocycles. The standard InChI is InChI=1S/C13H18N2O3S/c16-15(17)13-3-1-11(2-4-13)5-8-14-12-6-9-19(18)10-7-12/h1-4,12,14H,5-10H2. The molecule has 0 bridgehead atoms. The quantitative estimate of drug-likeness (QED) is 0.658. The molecule has 0 spiro atoms. The summed E-state index contributed by atoms with van der Waals surface area (Å²) in [5.74, 6) is 1.60. The average Bonchev–Trinajstić information content (AvgIpc) is 2.41. The molecular weight excluding hydrogens is 264 g/mol. The Morgan fingerprint density at radius 3 is 2.47 bits per heavy atom. The number of nitrogens with zero attached hydrogens (tertiary/aromatic N) is 1. The summed E-state index contributed by atoms with van der Waals surface area (Å²) in [5, 5.41) is 14.0. The van der Waals surface area contributed by atoms with Crippen LogP contribution in [0.1, 0.15) is 18.4 Å². The summed E-state index contributed by atoms with van der Waals surface area (Å²) >= 11 is 0. The van der Waals surface area contributed by atoms with Crippen LogP contribution in [-0.4, -0.2) is 33.2 Å². The van der Waals surface area contributed by atoms with E-state index in [9.17, 15) is 14.3 Å². The summed E-state index contributed by atoms with van der Waals surface area (Å²) in [6, 6.07) is 7.15. The summed E-state index contributed by atoms with van der Waals surface area (Å²) in [4.78, 5) is 10.1. The van der Waals surface area contributed by atoms with Crippen molar-refractivity contribution in [3.63, 3.8) is 0 Å². The van der Waals surface area contributed by atoms with Gasteiger partial charge in [0.1, 0.15) is 0 Å². The van der Waals surface area contributed by atoms with E-state index in [2.05, 4.69) is 5.32 Å². The van der Waals surface area contributed by atoms with Crippen LogP contribution in [0, 0.1) is 10.1 Å². The van der Waals surface area contributed by atoms with Crippen LogP contribution in [0.4, 0.5) is 5.69 Å². The lowest BCUT2D eigenvalue weighted by Gasteiger charge is -2.22. The van der Waals surface area contributed by atoms with Gasteiger partial charge in [0.15, 0.2) is 0 Å². The Balaban J connectivity index is 1.73. The normalized spacial score (nSPS) is 23.2. The second-order valence-electron chi connectivity index (χ2n) is 4.75. The van der Waals surface area contributed by atoms with E-state index in [0.29, 0.717) is 6.04 Å². The predicted octanol–water partition coefficient (Wildman–Crippen LogP) is 1.64. The molecular formula is C13H18N2O3S. The van der Waals surface area contributed by atoms with E-state index in [1.54, 1.807) is 24.3 Å². The number of hydrogen-bond donors (Lipinski definition) is 1. The van der Waals surface area contributed by atoms with Gasteiger partial charge in [-0.25, -0.2) is 0 Å². The topological polar surface area (TPSA) is 72.2 Å². The smallest absolute Gasteiger partial charge is 0.269 e. The highest BCUT2D eigenvalue weighted by atomic mass is 32.2. The zero-order valence-electron chi connectivity index (χ0n) is 10.7. The van der Waals surface area contributed by atoms with Crippen molar-refractivity contribution in [2.45, 2.75) is 25.3 Å². The highest BCUT2D eigenvalue weighted by Crippen LogP contribution is 2.13. The average molecular weight is 282 g/mol. The van der Waals surface area contributed by atoms with Crippen molar-refractivity contribution in [3.8, 4) is 0 Å². The van der Waals surface area contributed by atoms with E-state index >= 15 is 0 Å². The Labute approximate surface area is 115 Å². The molecule has 0 aliphatic carbocycles. The molecule has 1 aromatic rings. The van der Waals surface area contributed by atoms with Crippen molar-refractivity contribution in [3.05, 3.63) is 39.9 Å². The Kier molecular flexibility index (Phi) is 5.04. The minimum atomic E-state index is -0.613. The zero-order chi connectivity index (χ0) is 13.7. The SMILES string of the molecule is O=[N+]([O-])c1ccc(CCNC2CCS(=O)CC2)cc1. The summed E-state index contributed by atoms with van der Waals surface area (Å²) < 4.78 is 11.2. The molecule has 1 aliphatic heterocycles. The first-order valence-corrected chi connectivity index (χ1v) is 7.95. The molecule has 1 aliphatic rings. The van der Waals surface area contributed by atoms with Crippen LogP contribution in [0.25, 0.3) is 0 Å². The fourth-order valence-electron chi connectivity index (χ4n) is 2.20. The van der Waals surface area contributed by atoms with Gasteiger partial charge in [-0.3, -0.25) is 14.3 Å². The van der Waals surface area contributed by atoms with Gasteiger partial charge < -0.3 is 5.32 Å². The van der Waals surface area contributed by atoms with E-state index < -0.39 is 10.8 Å². The van der Waals surface area contributed by atoms with Gasteiger partial charge in [-0.2, -0.15) is 0 Å². The maximum atomic E-state index is 11.2. The van der Waals surface area contributed by atoms with Gasteiger partial charge in [0.2, 0.25) is 0 Å². The van der Waals surface area contributed by atoms with Crippen molar-refractivity contribution in [1.29, 1.82) is 0 Å². The van der Waals surface area contributed by atoms with Gasteiger partial charge in [0.25, 0.3) is 5.69 Å². The van der Waals surface area contributed by atoms with Gasteiger partial charge in [0.05, 0.1) is 4.92 Å². The minimum Gasteiger partial charge on any atom is -0.314 e. The van der Waals surface area contributed by atoms with Crippen LogP contribution in [0.3, 0.4) is 0 Å². The molecule has 19 heavy (non-hydrogen) atoms. The molecule has 0 radical (unpaired) electrons. The third kappa shape index (κ3) is 4.40. The summed E-state index contributed by atoms with van der Waals surface area (Å²) in [6.07, 6.45) is 2.82. The second kappa shape index (κ2) is 6.77. The molecule has 1 aromatic carbocycles. The van der Waals surface area contributed by atoms with Crippen molar-refractivity contribution in [2.75, 3.05) is 18.1 Å². The maximum Gasteiger partial charge on any atom is 0.269 e. The Morgan fingerprint density at radius 1 is 1.26 bits per heavy atom. The molecule has 0 atom stereocenters. The summed E-state index contributed by atoms with van der Waals surface area (Å²) in [5.41, 5.74) is 1.23. The molecule has 2 rings (SSSR count). The van der Waals surface area contributed by atoms with E-state index in [0.717, 1.165) is 42.9 Å². The van der Waals surface area contributed by atoms with Gasteiger partial charge >= 0.3 is 0 Å². The van der Waals surface area contributed by atoms with Crippen LogP contribution in [0.5, 0.6) is 0 Å². The predicted molar refractivity (Wildman–Crippen MR) is 75.7 cm³/mol. The Bertz CT molecular complexity index is 451. The van der Waals surface area contributed by atoms with E-state index in [1.165, 1.54) is 0 Å². The van der Waals surface area contributed by atoms with Crippen LogP contribution in [-0.2, 0) is 17.2 Å². The first-order valence-electron chi connectivity index (χ1n) is 6.47. The summed E-state index contributed by atoms with van der Waals surface area (Å²) in [6.45, 7) is 0.856. The van der Waals surface area contributed by atoms with Crippen molar-refractivity contribution in [1.82, 2.24) is 5.32 Å². The highest BCUT2D eigenvalue weighted by Gasteiger charge is 2.16. The molecule has 6 heteroatoms. The highest BCUT2D eigenvalue weighted by molar-refractivity contribution is 7.85. The number of rotatable bonds is 5. The lowest BCUT2D eigenvalue weighted by molar-refractivity contribution is -0.384. The van der Waals surface area contributed by atoms with Crippen LogP contribution >= 0.6 is 0 Å². The van der Waals surface area contributed by atoms with Crippen LogP contribution in [0.15, 0.2) is 24.3 Å². The first-order chi connectivity index (χ1) is 9.15. The van der Waals surface area contributed by atoms with Crippen molar-refractivity contribution >= 4 is 16.5 Å². The monoisotopic (exact) mass is 282 g/mol. The number of benzene rings is 1. The van der Waals surface area contributed by atoms with E-state index in [-0.39, 0.29) is 10.6 Å². The fourth-order valence-corrected chi connectivity index (χ4v) is 3.50. The number of nitrogens with one attached hydrogen (secondary N) is 1. The summed E-state index contributed by atoms with van der Waals surface area (Å²) in [7, 11) is -0.613. The Hall–Kier alpha value is -1.27. The number of nitro benzene ring substituents is 1. The molecule has 0 unspecified atom stereocenters. The van der Waals surface area contributed by atoms with Crippen molar-refractivity contribution in [2.24, 2.45) is 0 Å². The molecule has 0 saturated carbocycles. The molecule has 0 aromatic heterocycles. The zero-order valence-corrected chi connectivity index (χ0v) is 11.5. The van der Waals surface area contributed by atoms with Crippen LogP contribution in [0.2, 0.25) is 0 Å². The molecule has 1 N–H and O–H groups in total. The third-order valence-corrected chi connectivity index (χ3v) is 4.76. The minimum absolute atomic E-state index is 0.131. The number of nitro groups is 1. The lowest BCUT2D eigenvalue weighted by atomic mass is 10.1. The number of non-ortho nitro benzene ring substituents is 1. The largest absolute Gasteiger partial charge is 0.314 e. The second-order valence-corrected chi connectivity index (χ2v) is 6.45. The van der Waals surface area contributed by atoms with Gasteiger partial charge in [-0.1, -0.05) is 12.1 Å². The van der Waals surface area contributed by atoms with Gasteiger partial charge in [-0.05, 0) is 31.4 Å². The third-order valence-electron chi connectivity index (χ3n) is 3.38.